The fourth-order valence-corrected chi connectivity index (χ4v) is 5.98. The highest BCUT2D eigenvalue weighted by atomic mass is 16.5. The van der Waals surface area contributed by atoms with Crippen molar-refractivity contribution < 1.29 is 28.4 Å². The predicted octanol–water partition coefficient (Wildman–Crippen LogP) is 4.08. The maximum Gasteiger partial charge on any atom is 0.407 e. The van der Waals surface area contributed by atoms with Crippen LogP contribution in [0.4, 0.5) is 4.79 Å². The summed E-state index contributed by atoms with van der Waals surface area (Å²) in [6.45, 7) is 1.07. The molecular formula is C28H40N6O4+2. The standard InChI is InChI=1S/C28H38N6O4/c1-33(2,3)18-28(15-16-30-32-29,19-34(4,5)6)25(26(35)36)31-27(37)38-17-24-22-13-9-7-11-20(22)21-12-8-10-14-23(21)24/h7-14,24-25H,15-19H2,1-6H3/p+2/t25-/m1/s1. The molecule has 1 amide bonds. The molecule has 0 saturated carbocycles. The lowest BCUT2D eigenvalue weighted by molar-refractivity contribution is -0.903. The zero-order chi connectivity index (χ0) is 28.1. The number of aliphatic carboxylic acids is 1. The molecule has 2 aromatic rings. The van der Waals surface area contributed by atoms with E-state index in [1.54, 1.807) is 0 Å². The van der Waals surface area contributed by atoms with Crippen LogP contribution in [0.25, 0.3) is 21.6 Å². The first-order valence-corrected chi connectivity index (χ1v) is 12.7. The van der Waals surface area contributed by atoms with Crippen molar-refractivity contribution in [1.82, 2.24) is 5.32 Å². The summed E-state index contributed by atoms with van der Waals surface area (Å²) in [6.07, 6.45) is -0.488. The van der Waals surface area contributed by atoms with E-state index in [-0.39, 0.29) is 19.1 Å². The molecule has 10 nitrogen and oxygen atoms in total. The van der Waals surface area contributed by atoms with Gasteiger partial charge >= 0.3 is 12.1 Å². The van der Waals surface area contributed by atoms with Gasteiger partial charge in [-0.2, -0.15) is 0 Å². The zero-order valence-electron chi connectivity index (χ0n) is 23.2. The lowest BCUT2D eigenvalue weighted by Gasteiger charge is -2.45. The minimum absolute atomic E-state index is 0.0859. The van der Waals surface area contributed by atoms with Gasteiger partial charge in [-0.1, -0.05) is 53.6 Å². The van der Waals surface area contributed by atoms with Crippen molar-refractivity contribution in [3.63, 3.8) is 0 Å². The van der Waals surface area contributed by atoms with Gasteiger partial charge < -0.3 is 24.1 Å². The Kier molecular flexibility index (Phi) is 8.72. The highest BCUT2D eigenvalue weighted by Gasteiger charge is 2.51. The van der Waals surface area contributed by atoms with Gasteiger partial charge in [0.1, 0.15) is 12.6 Å². The highest BCUT2D eigenvalue weighted by Crippen LogP contribution is 2.44. The Balaban J connectivity index is 1.87. The largest absolute Gasteiger partial charge is 0.480 e. The molecule has 0 aromatic heterocycles. The van der Waals surface area contributed by atoms with Gasteiger partial charge in [0.15, 0.2) is 0 Å². The number of amides is 1. The number of ether oxygens (including phenoxy) is 1. The molecule has 0 radical (unpaired) electrons. The Morgan fingerprint density at radius 2 is 1.50 bits per heavy atom. The number of benzene rings is 2. The molecule has 0 aliphatic heterocycles. The van der Waals surface area contributed by atoms with Crippen LogP contribution in [-0.4, -0.2) is 101 Å². The molecular weight excluding hydrogens is 484 g/mol. The average Bonchev–Trinajstić information content (AvgIpc) is 3.12. The third-order valence-corrected chi connectivity index (χ3v) is 6.82. The van der Waals surface area contributed by atoms with Crippen molar-refractivity contribution in [2.75, 3.05) is 68.5 Å². The average molecular weight is 525 g/mol. The number of rotatable bonds is 12. The summed E-state index contributed by atoms with van der Waals surface area (Å²) >= 11 is 0. The molecule has 10 heteroatoms. The van der Waals surface area contributed by atoms with E-state index in [0.717, 1.165) is 22.3 Å². The second kappa shape index (κ2) is 11.4. The molecule has 0 saturated heterocycles. The van der Waals surface area contributed by atoms with E-state index in [4.69, 9.17) is 10.3 Å². The number of nitrogens with zero attached hydrogens (tertiary/aromatic N) is 5. The molecule has 1 aliphatic carbocycles. The molecule has 0 bridgehead atoms. The summed E-state index contributed by atoms with van der Waals surface area (Å²) in [7, 11) is 11.9. The van der Waals surface area contributed by atoms with Crippen LogP contribution in [0.2, 0.25) is 0 Å². The van der Waals surface area contributed by atoms with Crippen LogP contribution in [0.5, 0.6) is 0 Å². The Bertz CT molecular complexity index is 1150. The van der Waals surface area contributed by atoms with E-state index in [2.05, 4.69) is 27.5 Å². The monoisotopic (exact) mass is 524 g/mol. The van der Waals surface area contributed by atoms with Gasteiger partial charge in [-0.05, 0) is 34.2 Å². The quantitative estimate of drug-likeness (QED) is 0.188. The number of fused-ring (bicyclic) bond motifs is 3. The van der Waals surface area contributed by atoms with Crippen LogP contribution in [0.1, 0.15) is 23.5 Å². The smallest absolute Gasteiger partial charge is 0.407 e. The molecule has 2 N–H and O–H groups in total. The summed E-state index contributed by atoms with van der Waals surface area (Å²) < 4.78 is 6.63. The lowest BCUT2D eigenvalue weighted by atomic mass is 9.75. The molecule has 3 rings (SSSR count). The Morgan fingerprint density at radius 3 is 1.95 bits per heavy atom. The number of alkyl carbamates (subject to hydrolysis) is 1. The van der Waals surface area contributed by atoms with Crippen molar-refractivity contribution in [3.8, 4) is 11.1 Å². The number of azide groups is 1. The van der Waals surface area contributed by atoms with Crippen molar-refractivity contribution in [2.45, 2.75) is 18.4 Å². The van der Waals surface area contributed by atoms with Gasteiger partial charge in [0.2, 0.25) is 0 Å². The maximum absolute atomic E-state index is 13.2. The molecule has 1 atom stereocenters. The Labute approximate surface area is 224 Å². The number of hydrogen-bond acceptors (Lipinski definition) is 4. The summed E-state index contributed by atoms with van der Waals surface area (Å²) in [4.78, 5) is 28.7. The molecule has 204 valence electrons. The predicted molar refractivity (Wildman–Crippen MR) is 146 cm³/mol. The van der Waals surface area contributed by atoms with Crippen LogP contribution < -0.4 is 5.32 Å². The number of carboxylic acid groups (broad SMARTS) is 1. The van der Waals surface area contributed by atoms with E-state index >= 15 is 0 Å². The summed E-state index contributed by atoms with van der Waals surface area (Å²) in [5.41, 5.74) is 12.4. The Morgan fingerprint density at radius 1 is 1.00 bits per heavy atom. The van der Waals surface area contributed by atoms with E-state index in [1.165, 1.54) is 0 Å². The Hall–Kier alpha value is -3.59. The maximum atomic E-state index is 13.2. The first-order valence-electron chi connectivity index (χ1n) is 12.7. The fourth-order valence-electron chi connectivity index (χ4n) is 5.98. The molecule has 2 aromatic carbocycles. The van der Waals surface area contributed by atoms with Crippen molar-refractivity contribution in [1.29, 1.82) is 0 Å². The highest BCUT2D eigenvalue weighted by molar-refractivity contribution is 5.81. The molecule has 38 heavy (non-hydrogen) atoms. The summed E-state index contributed by atoms with van der Waals surface area (Å²) in [5, 5.41) is 16.7. The second-order valence-corrected chi connectivity index (χ2v) is 12.2. The minimum atomic E-state index is -1.25. The summed E-state index contributed by atoms with van der Waals surface area (Å²) in [5.74, 6) is -1.29. The van der Waals surface area contributed by atoms with E-state index in [0.29, 0.717) is 28.5 Å². The molecule has 0 fully saturated rings. The van der Waals surface area contributed by atoms with Gasteiger partial charge in [-0.25, -0.2) is 9.59 Å². The molecule has 0 spiro atoms. The van der Waals surface area contributed by atoms with Crippen LogP contribution in [0.3, 0.4) is 0 Å². The van der Waals surface area contributed by atoms with Crippen molar-refractivity contribution in [2.24, 2.45) is 10.5 Å². The van der Waals surface area contributed by atoms with Crippen LogP contribution in [-0.2, 0) is 9.53 Å². The van der Waals surface area contributed by atoms with Crippen LogP contribution in [0.15, 0.2) is 53.6 Å². The van der Waals surface area contributed by atoms with Crippen LogP contribution >= 0.6 is 0 Å². The molecule has 0 unspecified atom stereocenters. The summed E-state index contributed by atoms with van der Waals surface area (Å²) in [6, 6.07) is 14.8. The minimum Gasteiger partial charge on any atom is -0.480 e. The van der Waals surface area contributed by atoms with E-state index in [9.17, 15) is 14.7 Å². The topological polar surface area (TPSA) is 124 Å². The number of hydrogen-bond donors (Lipinski definition) is 2. The zero-order valence-corrected chi connectivity index (χ0v) is 23.2. The number of carboxylic acids is 1. The van der Waals surface area contributed by atoms with Crippen LogP contribution in [0, 0.1) is 5.41 Å². The van der Waals surface area contributed by atoms with E-state index in [1.807, 2.05) is 78.7 Å². The number of quaternary nitrogens is 2. The third-order valence-electron chi connectivity index (χ3n) is 6.82. The van der Waals surface area contributed by atoms with Crippen molar-refractivity contribution in [3.05, 3.63) is 70.1 Å². The first kappa shape index (κ1) is 29.0. The van der Waals surface area contributed by atoms with Gasteiger partial charge in [0.25, 0.3) is 0 Å². The molecule has 0 heterocycles. The number of carbonyl (C=O) groups excluding carboxylic acids is 1. The fraction of sp³-hybridized carbons (Fsp3) is 0.500. The second-order valence-electron chi connectivity index (χ2n) is 12.2. The van der Waals surface area contributed by atoms with Gasteiger partial charge in [0.05, 0.1) is 60.8 Å². The normalized spacial score (nSPS) is 14.2. The van der Waals surface area contributed by atoms with Crippen molar-refractivity contribution >= 4 is 12.1 Å². The van der Waals surface area contributed by atoms with E-state index < -0.39 is 23.5 Å². The first-order chi connectivity index (χ1) is 17.8. The number of carbonyl (C=O) groups is 2. The van der Waals surface area contributed by atoms with Gasteiger partial charge in [0, 0.05) is 17.4 Å². The van der Waals surface area contributed by atoms with Gasteiger partial charge in [-0.3, -0.25) is 0 Å². The lowest BCUT2D eigenvalue weighted by Crippen LogP contribution is -2.64. The number of nitrogens with one attached hydrogen (secondary N) is 1. The SMILES string of the molecule is C[N+](C)(C)CC(CCN=[N+]=[N-])(C[N+](C)(C)C)[C@H](NC(=O)OCC1c2ccccc2-c2ccccc21)C(=O)O. The molecule has 1 aliphatic rings. The third kappa shape index (κ3) is 7.04. The van der Waals surface area contributed by atoms with Gasteiger partial charge in [-0.15, -0.1) is 0 Å².